The summed E-state index contributed by atoms with van der Waals surface area (Å²) in [6.07, 6.45) is 0.390. The van der Waals surface area contributed by atoms with Gasteiger partial charge in [-0.2, -0.15) is 0 Å². The standard InChI is InChI=1S/C19H21N3O4/c23-18(14-4-6-16(7-5-14)22(25)26)12-20-9-13-8-15(11-20)17-2-1-3-19(24)21(17)10-13/h1-7,13,15,18,23H,8-12H2/t13-,15+,18+/m0/s1. The van der Waals surface area contributed by atoms with Crippen LogP contribution in [0.15, 0.2) is 47.3 Å². The van der Waals surface area contributed by atoms with Crippen LogP contribution < -0.4 is 5.56 Å². The SMILES string of the molecule is O=c1cccc2n1C[C@H]1C[C@@H]2CN(C[C@@H](O)c2ccc([N+](=O)[O-])cc2)C1. The smallest absolute Gasteiger partial charge is 0.269 e. The Hall–Kier alpha value is -2.51. The van der Waals surface area contributed by atoms with Gasteiger partial charge in [0.15, 0.2) is 0 Å². The molecule has 0 amide bonds. The lowest BCUT2D eigenvalue weighted by Crippen LogP contribution is -2.48. The zero-order valence-corrected chi connectivity index (χ0v) is 14.3. The van der Waals surface area contributed by atoms with E-state index in [1.807, 2.05) is 16.7 Å². The van der Waals surface area contributed by atoms with Crippen molar-refractivity contribution >= 4 is 5.69 Å². The van der Waals surface area contributed by atoms with Crippen molar-refractivity contribution in [3.63, 3.8) is 0 Å². The zero-order valence-electron chi connectivity index (χ0n) is 14.3. The van der Waals surface area contributed by atoms with E-state index in [0.717, 1.165) is 31.7 Å². The van der Waals surface area contributed by atoms with Crippen LogP contribution in [0.5, 0.6) is 0 Å². The summed E-state index contributed by atoms with van der Waals surface area (Å²) < 4.78 is 1.89. The summed E-state index contributed by atoms with van der Waals surface area (Å²) in [6, 6.07) is 11.5. The molecule has 2 bridgehead atoms. The molecule has 1 fully saturated rings. The molecule has 4 rings (SSSR count). The molecule has 26 heavy (non-hydrogen) atoms. The first-order valence-electron chi connectivity index (χ1n) is 8.86. The van der Waals surface area contributed by atoms with Gasteiger partial charge in [0, 0.05) is 56.0 Å². The molecular formula is C19H21N3O4. The lowest BCUT2D eigenvalue weighted by molar-refractivity contribution is -0.384. The van der Waals surface area contributed by atoms with Gasteiger partial charge in [0.2, 0.25) is 0 Å². The number of aliphatic hydroxyl groups is 1. The summed E-state index contributed by atoms with van der Waals surface area (Å²) in [4.78, 5) is 24.6. The molecule has 3 heterocycles. The number of aromatic nitrogens is 1. The molecule has 7 heteroatoms. The maximum Gasteiger partial charge on any atom is 0.269 e. The number of pyridine rings is 1. The van der Waals surface area contributed by atoms with Crippen molar-refractivity contribution in [2.75, 3.05) is 19.6 Å². The molecule has 136 valence electrons. The Labute approximate surface area is 150 Å². The predicted molar refractivity (Wildman–Crippen MR) is 96.0 cm³/mol. The van der Waals surface area contributed by atoms with Crippen LogP contribution in [0.25, 0.3) is 0 Å². The summed E-state index contributed by atoms with van der Waals surface area (Å²) in [7, 11) is 0. The molecule has 7 nitrogen and oxygen atoms in total. The van der Waals surface area contributed by atoms with Crippen molar-refractivity contribution in [2.45, 2.75) is 25.0 Å². The van der Waals surface area contributed by atoms with Gasteiger partial charge in [-0.3, -0.25) is 19.8 Å². The van der Waals surface area contributed by atoms with Crippen LogP contribution in [-0.2, 0) is 6.54 Å². The highest BCUT2D eigenvalue weighted by Crippen LogP contribution is 2.35. The third-order valence-electron chi connectivity index (χ3n) is 5.48. The molecular weight excluding hydrogens is 334 g/mol. The molecule has 3 atom stereocenters. The van der Waals surface area contributed by atoms with Crippen molar-refractivity contribution in [2.24, 2.45) is 5.92 Å². The van der Waals surface area contributed by atoms with E-state index >= 15 is 0 Å². The second kappa shape index (κ2) is 6.66. The maximum atomic E-state index is 12.1. The molecule has 2 aromatic rings. The maximum absolute atomic E-state index is 12.1. The number of non-ortho nitro benzene ring substituents is 1. The van der Waals surface area contributed by atoms with E-state index in [1.165, 1.54) is 12.1 Å². The van der Waals surface area contributed by atoms with Crippen LogP contribution >= 0.6 is 0 Å². The number of fused-ring (bicyclic) bond motifs is 4. The van der Waals surface area contributed by atoms with Crippen LogP contribution in [-0.4, -0.2) is 39.1 Å². The molecule has 1 N–H and O–H groups in total. The molecule has 0 unspecified atom stereocenters. The van der Waals surface area contributed by atoms with Crippen molar-refractivity contribution in [1.82, 2.24) is 9.47 Å². The van der Waals surface area contributed by atoms with E-state index in [-0.39, 0.29) is 11.2 Å². The van der Waals surface area contributed by atoms with Crippen molar-refractivity contribution in [1.29, 1.82) is 0 Å². The average molecular weight is 355 g/mol. The Morgan fingerprint density at radius 1 is 1.15 bits per heavy atom. The predicted octanol–water partition coefficient (Wildman–Crippen LogP) is 1.91. The van der Waals surface area contributed by atoms with Gasteiger partial charge in [-0.05, 0) is 36.1 Å². The number of rotatable bonds is 4. The van der Waals surface area contributed by atoms with Gasteiger partial charge in [0.1, 0.15) is 0 Å². The lowest BCUT2D eigenvalue weighted by atomic mass is 9.83. The Bertz CT molecular complexity index is 877. The van der Waals surface area contributed by atoms with Gasteiger partial charge < -0.3 is 9.67 Å². The van der Waals surface area contributed by atoms with Gasteiger partial charge in [-0.25, -0.2) is 0 Å². The highest BCUT2D eigenvalue weighted by molar-refractivity contribution is 5.33. The number of likely N-dealkylation sites (tertiary alicyclic amines) is 1. The normalized spacial score (nSPS) is 23.3. The van der Waals surface area contributed by atoms with Gasteiger partial charge in [0.25, 0.3) is 11.2 Å². The fourth-order valence-electron chi connectivity index (χ4n) is 4.31. The van der Waals surface area contributed by atoms with Crippen LogP contribution in [0.1, 0.15) is 29.7 Å². The number of hydrogen-bond donors (Lipinski definition) is 1. The molecule has 1 saturated heterocycles. The third-order valence-corrected chi connectivity index (χ3v) is 5.48. The van der Waals surface area contributed by atoms with E-state index in [9.17, 15) is 20.0 Å². The first-order valence-corrected chi connectivity index (χ1v) is 8.86. The number of piperidine rings is 1. The molecule has 0 aliphatic carbocycles. The summed E-state index contributed by atoms with van der Waals surface area (Å²) >= 11 is 0. The van der Waals surface area contributed by atoms with Crippen LogP contribution in [0.2, 0.25) is 0 Å². The second-order valence-electron chi connectivity index (χ2n) is 7.28. The summed E-state index contributed by atoms with van der Waals surface area (Å²) in [5, 5.41) is 21.3. The van der Waals surface area contributed by atoms with Gasteiger partial charge in [-0.15, -0.1) is 0 Å². The number of β-amino-alcohol motifs (C(OH)–C–C–N with tert-alkyl or cyclic N) is 1. The van der Waals surface area contributed by atoms with Gasteiger partial charge in [0.05, 0.1) is 11.0 Å². The topological polar surface area (TPSA) is 88.6 Å². The summed E-state index contributed by atoms with van der Waals surface area (Å²) in [6.45, 7) is 2.88. The summed E-state index contributed by atoms with van der Waals surface area (Å²) in [5.41, 5.74) is 1.86. The molecule has 1 aromatic heterocycles. The monoisotopic (exact) mass is 355 g/mol. The number of nitro groups is 1. The first kappa shape index (κ1) is 16.9. The van der Waals surface area contributed by atoms with Crippen LogP contribution in [0, 0.1) is 16.0 Å². The first-order chi connectivity index (χ1) is 12.5. The van der Waals surface area contributed by atoms with E-state index in [4.69, 9.17) is 0 Å². The number of nitro benzene ring substituents is 1. The minimum Gasteiger partial charge on any atom is -0.387 e. The zero-order chi connectivity index (χ0) is 18.3. The lowest BCUT2D eigenvalue weighted by Gasteiger charge is -2.43. The molecule has 1 aromatic carbocycles. The average Bonchev–Trinajstić information content (AvgIpc) is 2.62. The van der Waals surface area contributed by atoms with Gasteiger partial charge in [-0.1, -0.05) is 6.07 Å². The fraction of sp³-hybridized carbons (Fsp3) is 0.421. The molecule has 0 saturated carbocycles. The number of aliphatic hydroxyl groups excluding tert-OH is 1. The third kappa shape index (κ3) is 3.15. The van der Waals surface area contributed by atoms with Crippen LogP contribution in [0.3, 0.4) is 0 Å². The minimum absolute atomic E-state index is 0.0236. The Morgan fingerprint density at radius 2 is 1.92 bits per heavy atom. The molecule has 2 aliphatic rings. The quantitative estimate of drug-likeness (QED) is 0.668. The van der Waals surface area contributed by atoms with E-state index in [0.29, 0.717) is 23.9 Å². The van der Waals surface area contributed by atoms with Crippen molar-refractivity contribution < 1.29 is 10.0 Å². The van der Waals surface area contributed by atoms with Gasteiger partial charge >= 0.3 is 0 Å². The highest BCUT2D eigenvalue weighted by atomic mass is 16.6. The van der Waals surface area contributed by atoms with Crippen LogP contribution in [0.4, 0.5) is 5.69 Å². The number of nitrogens with zero attached hydrogens (tertiary/aromatic N) is 3. The number of hydrogen-bond acceptors (Lipinski definition) is 5. The van der Waals surface area contributed by atoms with Crippen molar-refractivity contribution in [3.8, 4) is 0 Å². The largest absolute Gasteiger partial charge is 0.387 e. The Morgan fingerprint density at radius 3 is 2.65 bits per heavy atom. The van der Waals surface area contributed by atoms with E-state index in [2.05, 4.69) is 4.90 Å². The fourth-order valence-corrected chi connectivity index (χ4v) is 4.31. The van der Waals surface area contributed by atoms with Crippen molar-refractivity contribution in [3.05, 3.63) is 74.2 Å². The molecule has 0 spiro atoms. The van der Waals surface area contributed by atoms with E-state index in [1.54, 1.807) is 18.2 Å². The highest BCUT2D eigenvalue weighted by Gasteiger charge is 2.35. The molecule has 0 radical (unpaired) electrons. The molecule has 2 aliphatic heterocycles. The Kier molecular flexibility index (Phi) is 4.34. The second-order valence-corrected chi connectivity index (χ2v) is 7.28. The summed E-state index contributed by atoms with van der Waals surface area (Å²) in [5.74, 6) is 0.714. The minimum atomic E-state index is -0.687. The Balaban J connectivity index is 1.47. The van der Waals surface area contributed by atoms with E-state index < -0.39 is 11.0 Å². The number of benzene rings is 1.